The molecule has 1 aromatic heterocycles. The number of fused-ring (bicyclic) bond motifs is 1. The molecule has 0 aliphatic carbocycles. The molecule has 0 aliphatic heterocycles. The van der Waals surface area contributed by atoms with E-state index in [0.717, 1.165) is 49.7 Å². The Labute approximate surface area is 240 Å². The summed E-state index contributed by atoms with van der Waals surface area (Å²) in [5.41, 5.74) is 6.76. The third kappa shape index (κ3) is 5.54. The summed E-state index contributed by atoms with van der Waals surface area (Å²) < 4.78 is 0. The van der Waals surface area contributed by atoms with Gasteiger partial charge in [0.1, 0.15) is 5.75 Å². The minimum atomic E-state index is 0.260. The number of hydrogen-bond donors (Lipinski definition) is 1. The number of aromatic nitrogens is 3. The van der Waals surface area contributed by atoms with Gasteiger partial charge in [-0.1, -0.05) is 121 Å². The van der Waals surface area contributed by atoms with Gasteiger partial charge in [0.05, 0.1) is 0 Å². The third-order valence-electron chi connectivity index (χ3n) is 7.13. The van der Waals surface area contributed by atoms with Crippen LogP contribution in [-0.4, -0.2) is 20.1 Å². The average Bonchev–Trinajstić information content (AvgIpc) is 3.04. The first-order valence-corrected chi connectivity index (χ1v) is 13.6. The quantitative estimate of drug-likeness (QED) is 0.218. The summed E-state index contributed by atoms with van der Waals surface area (Å²) in [5.74, 6) is 2.10. The molecule has 6 rings (SSSR count). The number of phenolic OH excluding ortho intramolecular Hbond substituents is 1. The molecule has 0 saturated heterocycles. The molecule has 198 valence electrons. The van der Waals surface area contributed by atoms with Crippen LogP contribution in [0, 0.1) is 0 Å². The molecule has 0 unspecified atom stereocenters. The summed E-state index contributed by atoms with van der Waals surface area (Å²) in [7, 11) is 0. The molecule has 0 radical (unpaired) electrons. The Hall–Kier alpha value is -5.35. The van der Waals surface area contributed by atoms with E-state index in [1.807, 2.05) is 111 Å². The zero-order valence-corrected chi connectivity index (χ0v) is 23.0. The van der Waals surface area contributed by atoms with Crippen LogP contribution in [0.15, 0.2) is 133 Å². The lowest BCUT2D eigenvalue weighted by Crippen LogP contribution is -2.02. The highest BCUT2D eigenvalue weighted by molar-refractivity contribution is 5.96. The van der Waals surface area contributed by atoms with Crippen molar-refractivity contribution in [1.29, 1.82) is 0 Å². The first-order valence-electron chi connectivity index (χ1n) is 13.6. The van der Waals surface area contributed by atoms with Gasteiger partial charge in [-0.25, -0.2) is 15.0 Å². The highest BCUT2D eigenvalue weighted by Crippen LogP contribution is 2.33. The molecular formula is C37H29N3O. The van der Waals surface area contributed by atoms with Crippen molar-refractivity contribution in [2.75, 3.05) is 0 Å². The Morgan fingerprint density at radius 3 is 1.88 bits per heavy atom. The van der Waals surface area contributed by atoms with E-state index >= 15 is 0 Å². The minimum Gasteiger partial charge on any atom is -0.507 e. The van der Waals surface area contributed by atoms with Crippen molar-refractivity contribution in [1.82, 2.24) is 15.0 Å². The maximum Gasteiger partial charge on any atom is 0.164 e. The largest absolute Gasteiger partial charge is 0.507 e. The number of phenols is 1. The van der Waals surface area contributed by atoms with Gasteiger partial charge in [0.25, 0.3) is 0 Å². The summed E-state index contributed by atoms with van der Waals surface area (Å²) in [5, 5.41) is 12.8. The maximum absolute atomic E-state index is 10.7. The normalized spacial score (nSPS) is 12.0. The molecule has 0 fully saturated rings. The van der Waals surface area contributed by atoms with E-state index in [9.17, 15) is 5.11 Å². The zero-order chi connectivity index (χ0) is 28.2. The van der Waals surface area contributed by atoms with Crippen molar-refractivity contribution >= 4 is 21.9 Å². The van der Waals surface area contributed by atoms with Crippen LogP contribution < -0.4 is 0 Å². The molecule has 0 amide bonds. The molecule has 0 bridgehead atoms. The van der Waals surface area contributed by atoms with Gasteiger partial charge in [0.15, 0.2) is 17.5 Å². The molecule has 0 spiro atoms. The molecule has 0 aliphatic rings. The van der Waals surface area contributed by atoms with Crippen LogP contribution >= 0.6 is 0 Å². The minimum absolute atomic E-state index is 0.260. The molecule has 5 aromatic carbocycles. The summed E-state index contributed by atoms with van der Waals surface area (Å²) in [6, 6.07) is 40.3. The molecule has 0 saturated carbocycles. The topological polar surface area (TPSA) is 58.9 Å². The molecule has 41 heavy (non-hydrogen) atoms. The van der Waals surface area contributed by atoms with Gasteiger partial charge in [-0.05, 0) is 59.0 Å². The first kappa shape index (κ1) is 25.9. The fraction of sp³-hybridized carbons (Fsp3) is 0.0541. The van der Waals surface area contributed by atoms with Crippen LogP contribution in [0.2, 0.25) is 0 Å². The summed E-state index contributed by atoms with van der Waals surface area (Å²) in [4.78, 5) is 14.7. The second kappa shape index (κ2) is 11.4. The van der Waals surface area contributed by atoms with Crippen LogP contribution in [0.1, 0.15) is 25.2 Å². The Bertz CT molecular complexity index is 1910. The van der Waals surface area contributed by atoms with E-state index in [4.69, 9.17) is 15.0 Å². The maximum atomic E-state index is 10.7. The highest BCUT2D eigenvalue weighted by atomic mass is 16.3. The van der Waals surface area contributed by atoms with Gasteiger partial charge in [0, 0.05) is 16.7 Å². The number of allylic oxidation sites excluding steroid dienone is 4. The third-order valence-corrected chi connectivity index (χ3v) is 7.13. The Morgan fingerprint density at radius 1 is 0.537 bits per heavy atom. The van der Waals surface area contributed by atoms with Crippen molar-refractivity contribution in [2.45, 2.75) is 13.8 Å². The number of nitrogens with zero attached hydrogens (tertiary/aromatic N) is 3. The fourth-order valence-corrected chi connectivity index (χ4v) is 4.95. The Balaban J connectivity index is 1.43. The monoisotopic (exact) mass is 531 g/mol. The van der Waals surface area contributed by atoms with Crippen molar-refractivity contribution in [2.24, 2.45) is 0 Å². The second-order valence-electron chi connectivity index (χ2n) is 10.00. The van der Waals surface area contributed by atoms with Gasteiger partial charge >= 0.3 is 0 Å². The smallest absolute Gasteiger partial charge is 0.164 e. The lowest BCUT2D eigenvalue weighted by Gasteiger charge is -2.10. The molecule has 6 aromatic rings. The summed E-state index contributed by atoms with van der Waals surface area (Å²) in [6.07, 6.45) is 4.02. The molecule has 1 N–H and O–H groups in total. The summed E-state index contributed by atoms with van der Waals surface area (Å²) in [6.45, 7) is 4.01. The zero-order valence-electron chi connectivity index (χ0n) is 23.0. The number of hydrogen-bond acceptors (Lipinski definition) is 4. The van der Waals surface area contributed by atoms with E-state index < -0.39 is 0 Å². The predicted molar refractivity (Wildman–Crippen MR) is 169 cm³/mol. The Morgan fingerprint density at radius 2 is 1.12 bits per heavy atom. The second-order valence-corrected chi connectivity index (χ2v) is 10.00. The number of rotatable bonds is 6. The van der Waals surface area contributed by atoms with E-state index in [-0.39, 0.29) is 5.75 Å². The lowest BCUT2D eigenvalue weighted by atomic mass is 9.97. The van der Waals surface area contributed by atoms with Gasteiger partial charge in [0.2, 0.25) is 0 Å². The summed E-state index contributed by atoms with van der Waals surface area (Å²) >= 11 is 0. The first-order chi connectivity index (χ1) is 20.1. The van der Waals surface area contributed by atoms with Crippen LogP contribution in [0.3, 0.4) is 0 Å². The van der Waals surface area contributed by atoms with E-state index in [1.54, 1.807) is 6.07 Å². The van der Waals surface area contributed by atoms with Gasteiger partial charge in [-0.2, -0.15) is 0 Å². The molecule has 1 heterocycles. The highest BCUT2D eigenvalue weighted by Gasteiger charge is 2.13. The van der Waals surface area contributed by atoms with Crippen molar-refractivity contribution < 1.29 is 5.11 Å². The number of benzene rings is 5. The predicted octanol–water partition coefficient (Wildman–Crippen LogP) is 9.24. The molecule has 0 atom stereocenters. The van der Waals surface area contributed by atoms with E-state index in [2.05, 4.69) is 30.3 Å². The van der Waals surface area contributed by atoms with E-state index in [0.29, 0.717) is 17.5 Å². The average molecular weight is 532 g/mol. The van der Waals surface area contributed by atoms with Crippen molar-refractivity contribution in [3.63, 3.8) is 0 Å². The number of aromatic hydroxyl groups is 1. The van der Waals surface area contributed by atoms with Crippen LogP contribution in [0.25, 0.3) is 55.8 Å². The standard InChI is InChI=1S/C37H29N3O/c1-25(34-32-19-10-9-14-28(32)22-23-33(34)41)20-21-26(2)35-38-36(29-15-7-4-8-16-29)40-37(39-35)31-18-11-17-30(24-31)27-12-5-3-6-13-27/h3-24,41H,1-2H3/b25-20+,26-21+. The lowest BCUT2D eigenvalue weighted by molar-refractivity contribution is 0.474. The van der Waals surface area contributed by atoms with Gasteiger partial charge in [-0.3, -0.25) is 0 Å². The van der Waals surface area contributed by atoms with Crippen LogP contribution in [0.4, 0.5) is 0 Å². The van der Waals surface area contributed by atoms with Gasteiger partial charge < -0.3 is 5.11 Å². The molecule has 4 nitrogen and oxygen atoms in total. The van der Waals surface area contributed by atoms with Crippen molar-refractivity contribution in [3.8, 4) is 39.7 Å². The Kier molecular flexibility index (Phi) is 7.21. The van der Waals surface area contributed by atoms with Crippen LogP contribution in [0.5, 0.6) is 5.75 Å². The fourth-order valence-electron chi connectivity index (χ4n) is 4.95. The molecular weight excluding hydrogens is 502 g/mol. The molecule has 4 heteroatoms. The van der Waals surface area contributed by atoms with Gasteiger partial charge in [-0.15, -0.1) is 0 Å². The van der Waals surface area contributed by atoms with Crippen molar-refractivity contribution in [3.05, 3.63) is 145 Å². The van der Waals surface area contributed by atoms with E-state index in [1.165, 1.54) is 0 Å². The SMILES string of the molecule is C/C(=C\C=C(/C)c1c(O)ccc2ccccc12)c1nc(-c2ccccc2)nc(-c2cccc(-c3ccccc3)c2)n1. The van der Waals surface area contributed by atoms with Crippen LogP contribution in [-0.2, 0) is 0 Å².